The first-order valence-corrected chi connectivity index (χ1v) is 7.82. The van der Waals surface area contributed by atoms with E-state index in [0.29, 0.717) is 6.04 Å². The standard InChI is InChI=1S/C13H19BrN2S/c14-12-6-7-17-13(12)9-11(16-15)8-10-4-2-1-3-5-10/h4,6-7,11,16H,1-3,5,8-9,15H2. The number of rotatable bonds is 5. The van der Waals surface area contributed by atoms with Crippen molar-refractivity contribution in [2.45, 2.75) is 44.6 Å². The predicted molar refractivity (Wildman–Crippen MR) is 78.0 cm³/mol. The molecule has 0 aromatic carbocycles. The molecular weight excluding hydrogens is 296 g/mol. The van der Waals surface area contributed by atoms with Crippen LogP contribution in [0.15, 0.2) is 27.6 Å². The molecule has 0 saturated heterocycles. The molecule has 2 nitrogen and oxygen atoms in total. The predicted octanol–water partition coefficient (Wildman–Crippen LogP) is 3.78. The number of halogens is 1. The van der Waals surface area contributed by atoms with Crippen molar-refractivity contribution in [3.63, 3.8) is 0 Å². The van der Waals surface area contributed by atoms with Gasteiger partial charge in [0.1, 0.15) is 0 Å². The van der Waals surface area contributed by atoms with Crippen LogP contribution in [0.25, 0.3) is 0 Å². The lowest BCUT2D eigenvalue weighted by molar-refractivity contribution is 0.507. The van der Waals surface area contributed by atoms with Crippen LogP contribution in [0.4, 0.5) is 0 Å². The highest BCUT2D eigenvalue weighted by Crippen LogP contribution is 2.27. The third-order valence-electron chi connectivity index (χ3n) is 3.25. The molecule has 0 fully saturated rings. The number of hydrazine groups is 1. The van der Waals surface area contributed by atoms with E-state index in [9.17, 15) is 0 Å². The molecule has 17 heavy (non-hydrogen) atoms. The maximum atomic E-state index is 5.67. The topological polar surface area (TPSA) is 38.0 Å². The van der Waals surface area contributed by atoms with Gasteiger partial charge in [-0.3, -0.25) is 11.3 Å². The summed E-state index contributed by atoms with van der Waals surface area (Å²) in [5.74, 6) is 5.67. The Balaban J connectivity index is 1.92. The van der Waals surface area contributed by atoms with Crippen molar-refractivity contribution in [2.75, 3.05) is 0 Å². The van der Waals surface area contributed by atoms with E-state index in [1.807, 2.05) is 0 Å². The zero-order valence-electron chi connectivity index (χ0n) is 9.92. The average Bonchev–Trinajstić information content (AvgIpc) is 2.75. The molecule has 0 amide bonds. The van der Waals surface area contributed by atoms with E-state index in [1.165, 1.54) is 35.0 Å². The monoisotopic (exact) mass is 314 g/mol. The largest absolute Gasteiger partial charge is 0.271 e. The van der Waals surface area contributed by atoms with Crippen LogP contribution in [0.1, 0.15) is 37.0 Å². The second kappa shape index (κ2) is 6.69. The van der Waals surface area contributed by atoms with Gasteiger partial charge in [0.2, 0.25) is 0 Å². The van der Waals surface area contributed by atoms with Crippen molar-refractivity contribution < 1.29 is 0 Å². The Morgan fingerprint density at radius 2 is 2.29 bits per heavy atom. The second-order valence-electron chi connectivity index (χ2n) is 4.57. The molecule has 0 spiro atoms. The number of nitrogens with two attached hydrogens (primary N) is 1. The number of thiophene rings is 1. The van der Waals surface area contributed by atoms with Gasteiger partial charge in [0.05, 0.1) is 0 Å². The molecule has 2 rings (SSSR count). The van der Waals surface area contributed by atoms with Gasteiger partial charge in [0, 0.05) is 15.4 Å². The van der Waals surface area contributed by atoms with Crippen molar-refractivity contribution in [1.29, 1.82) is 0 Å². The maximum Gasteiger partial charge on any atom is 0.0314 e. The van der Waals surface area contributed by atoms with Crippen molar-refractivity contribution >= 4 is 27.3 Å². The van der Waals surface area contributed by atoms with E-state index in [4.69, 9.17) is 5.84 Å². The summed E-state index contributed by atoms with van der Waals surface area (Å²) in [6.07, 6.45) is 9.68. The molecule has 0 bridgehead atoms. The molecule has 1 unspecified atom stereocenters. The Hall–Kier alpha value is -0.160. The van der Waals surface area contributed by atoms with Crippen LogP contribution in [0.5, 0.6) is 0 Å². The normalized spacial score (nSPS) is 17.9. The number of hydrogen-bond donors (Lipinski definition) is 2. The summed E-state index contributed by atoms with van der Waals surface area (Å²) in [5, 5.41) is 2.12. The molecule has 1 aliphatic carbocycles. The van der Waals surface area contributed by atoms with E-state index in [2.05, 4.69) is 38.9 Å². The molecule has 94 valence electrons. The molecule has 0 saturated carbocycles. The van der Waals surface area contributed by atoms with Gasteiger partial charge in [-0.05, 0) is 65.9 Å². The number of allylic oxidation sites excluding steroid dienone is 1. The highest BCUT2D eigenvalue weighted by molar-refractivity contribution is 9.10. The van der Waals surface area contributed by atoms with E-state index < -0.39 is 0 Å². The van der Waals surface area contributed by atoms with Crippen LogP contribution >= 0.6 is 27.3 Å². The van der Waals surface area contributed by atoms with Crippen molar-refractivity contribution in [3.8, 4) is 0 Å². The van der Waals surface area contributed by atoms with Gasteiger partial charge < -0.3 is 0 Å². The van der Waals surface area contributed by atoms with Crippen LogP contribution < -0.4 is 11.3 Å². The minimum Gasteiger partial charge on any atom is -0.271 e. The molecule has 1 aromatic rings. The van der Waals surface area contributed by atoms with Crippen LogP contribution in [-0.2, 0) is 6.42 Å². The third kappa shape index (κ3) is 3.91. The minimum atomic E-state index is 0.356. The molecular formula is C13H19BrN2S. The van der Waals surface area contributed by atoms with Gasteiger partial charge >= 0.3 is 0 Å². The molecule has 4 heteroatoms. The fourth-order valence-electron chi connectivity index (χ4n) is 2.29. The molecule has 0 radical (unpaired) electrons. The van der Waals surface area contributed by atoms with Gasteiger partial charge in [-0.15, -0.1) is 11.3 Å². The van der Waals surface area contributed by atoms with Gasteiger partial charge in [-0.1, -0.05) is 11.6 Å². The Morgan fingerprint density at radius 3 is 2.88 bits per heavy atom. The van der Waals surface area contributed by atoms with Crippen LogP contribution in [0.3, 0.4) is 0 Å². The summed E-state index contributed by atoms with van der Waals surface area (Å²) in [4.78, 5) is 1.38. The molecule has 0 aliphatic heterocycles. The molecule has 3 N–H and O–H groups in total. The van der Waals surface area contributed by atoms with Gasteiger partial charge in [-0.25, -0.2) is 0 Å². The first-order valence-electron chi connectivity index (χ1n) is 6.15. The Labute approximate surface area is 115 Å². The zero-order chi connectivity index (χ0) is 12.1. The molecule has 1 atom stereocenters. The summed E-state index contributed by atoms with van der Waals surface area (Å²) in [5.41, 5.74) is 4.54. The molecule has 1 heterocycles. The summed E-state index contributed by atoms with van der Waals surface area (Å²) < 4.78 is 1.21. The number of nitrogens with one attached hydrogen (secondary N) is 1. The quantitative estimate of drug-likeness (QED) is 0.493. The first kappa shape index (κ1) is 13.3. The smallest absolute Gasteiger partial charge is 0.0314 e. The Bertz CT molecular complexity index is 387. The summed E-state index contributed by atoms with van der Waals surface area (Å²) >= 11 is 5.37. The van der Waals surface area contributed by atoms with Crippen molar-refractivity contribution in [1.82, 2.24) is 5.43 Å². The van der Waals surface area contributed by atoms with E-state index >= 15 is 0 Å². The van der Waals surface area contributed by atoms with E-state index in [-0.39, 0.29) is 0 Å². The van der Waals surface area contributed by atoms with Crippen LogP contribution in [0.2, 0.25) is 0 Å². The second-order valence-corrected chi connectivity index (χ2v) is 6.43. The Morgan fingerprint density at radius 1 is 1.41 bits per heavy atom. The lowest BCUT2D eigenvalue weighted by Gasteiger charge is -2.19. The van der Waals surface area contributed by atoms with Crippen molar-refractivity contribution in [3.05, 3.63) is 32.4 Å². The number of hydrogen-bond acceptors (Lipinski definition) is 3. The van der Waals surface area contributed by atoms with Gasteiger partial charge in [0.15, 0.2) is 0 Å². The highest BCUT2D eigenvalue weighted by atomic mass is 79.9. The molecule has 1 aliphatic rings. The average molecular weight is 315 g/mol. The van der Waals surface area contributed by atoms with Crippen LogP contribution in [0, 0.1) is 0 Å². The summed E-state index contributed by atoms with van der Waals surface area (Å²) in [7, 11) is 0. The first-order chi connectivity index (χ1) is 8.29. The Kier molecular flexibility index (Phi) is 5.22. The fraction of sp³-hybridized carbons (Fsp3) is 0.538. The van der Waals surface area contributed by atoms with E-state index in [1.54, 1.807) is 16.9 Å². The lowest BCUT2D eigenvalue weighted by Crippen LogP contribution is -2.37. The fourth-order valence-corrected chi connectivity index (χ4v) is 3.89. The van der Waals surface area contributed by atoms with Gasteiger partial charge in [0.25, 0.3) is 0 Å². The molecule has 1 aromatic heterocycles. The summed E-state index contributed by atoms with van der Waals surface area (Å²) in [6.45, 7) is 0. The van der Waals surface area contributed by atoms with Crippen molar-refractivity contribution in [2.24, 2.45) is 5.84 Å². The maximum absolute atomic E-state index is 5.67. The minimum absolute atomic E-state index is 0.356. The zero-order valence-corrected chi connectivity index (χ0v) is 12.3. The van der Waals surface area contributed by atoms with E-state index in [0.717, 1.165) is 12.8 Å². The third-order valence-corrected chi connectivity index (χ3v) is 5.20. The van der Waals surface area contributed by atoms with Gasteiger partial charge in [-0.2, -0.15) is 0 Å². The summed E-state index contributed by atoms with van der Waals surface area (Å²) in [6, 6.07) is 2.46. The SMILES string of the molecule is NNC(CC1=CCCCC1)Cc1sccc1Br. The van der Waals surface area contributed by atoms with Crippen LogP contribution in [-0.4, -0.2) is 6.04 Å². The highest BCUT2D eigenvalue weighted by Gasteiger charge is 2.14. The lowest BCUT2D eigenvalue weighted by atomic mass is 9.93.